The van der Waals surface area contributed by atoms with Crippen LogP contribution in [0.25, 0.3) is 0 Å². The standard InChI is InChI=1S/C22H24N2O7S/c1-13-5-8-15(9-6-13)32(27,28)12-16-19(21(25)31-4)20(24-22(26)23-16)14-7-10-17(29-2)18(11-14)30-3/h5-11,20H,12H2,1-4H3,(H2,23,24,26)/t20-/m0/s1. The second kappa shape index (κ2) is 9.31. The summed E-state index contributed by atoms with van der Waals surface area (Å²) >= 11 is 0. The van der Waals surface area contributed by atoms with Crippen molar-refractivity contribution in [3.8, 4) is 11.5 Å². The molecule has 1 aliphatic heterocycles. The van der Waals surface area contributed by atoms with E-state index in [1.54, 1.807) is 30.3 Å². The molecular formula is C22H24N2O7S. The molecule has 1 aliphatic rings. The fraction of sp³-hybridized carbons (Fsp3) is 0.273. The zero-order valence-corrected chi connectivity index (χ0v) is 18.9. The van der Waals surface area contributed by atoms with Gasteiger partial charge in [0, 0.05) is 5.70 Å². The van der Waals surface area contributed by atoms with Gasteiger partial charge in [-0.05, 0) is 36.8 Å². The Balaban J connectivity index is 2.11. The van der Waals surface area contributed by atoms with E-state index in [4.69, 9.17) is 14.2 Å². The van der Waals surface area contributed by atoms with Crippen LogP contribution in [-0.4, -0.2) is 47.5 Å². The summed E-state index contributed by atoms with van der Waals surface area (Å²) in [6.45, 7) is 1.84. The number of amides is 2. The number of benzene rings is 2. The van der Waals surface area contributed by atoms with Crippen LogP contribution in [0.3, 0.4) is 0 Å². The Morgan fingerprint density at radius 1 is 1.00 bits per heavy atom. The molecule has 3 rings (SSSR count). The monoisotopic (exact) mass is 460 g/mol. The van der Waals surface area contributed by atoms with Crippen LogP contribution in [0.15, 0.2) is 58.6 Å². The van der Waals surface area contributed by atoms with E-state index in [0.717, 1.165) is 5.56 Å². The second-order valence-corrected chi connectivity index (χ2v) is 9.09. The minimum absolute atomic E-state index is 0.0185. The summed E-state index contributed by atoms with van der Waals surface area (Å²) in [5.41, 5.74) is 1.32. The number of sulfone groups is 1. The number of aryl methyl sites for hydroxylation is 1. The number of methoxy groups -OCH3 is 3. The Morgan fingerprint density at radius 3 is 2.25 bits per heavy atom. The minimum Gasteiger partial charge on any atom is -0.493 e. The molecule has 0 aliphatic carbocycles. The number of urea groups is 1. The van der Waals surface area contributed by atoms with Gasteiger partial charge in [0.1, 0.15) is 0 Å². The maximum atomic E-state index is 13.0. The van der Waals surface area contributed by atoms with Crippen molar-refractivity contribution in [2.24, 2.45) is 0 Å². The highest BCUT2D eigenvalue weighted by Crippen LogP contribution is 2.35. The van der Waals surface area contributed by atoms with Crippen molar-refractivity contribution >= 4 is 21.8 Å². The lowest BCUT2D eigenvalue weighted by molar-refractivity contribution is -0.136. The Morgan fingerprint density at radius 2 is 1.66 bits per heavy atom. The van der Waals surface area contributed by atoms with Crippen molar-refractivity contribution in [1.82, 2.24) is 10.6 Å². The predicted octanol–water partition coefficient (Wildman–Crippen LogP) is 2.27. The van der Waals surface area contributed by atoms with Gasteiger partial charge in [-0.1, -0.05) is 23.8 Å². The van der Waals surface area contributed by atoms with E-state index in [1.165, 1.54) is 33.5 Å². The lowest BCUT2D eigenvalue weighted by Gasteiger charge is -2.29. The molecule has 32 heavy (non-hydrogen) atoms. The molecule has 2 amide bonds. The van der Waals surface area contributed by atoms with Crippen molar-refractivity contribution < 1.29 is 32.2 Å². The molecule has 1 heterocycles. The largest absolute Gasteiger partial charge is 0.493 e. The zero-order chi connectivity index (χ0) is 23.5. The van der Waals surface area contributed by atoms with Crippen LogP contribution in [-0.2, 0) is 19.4 Å². The summed E-state index contributed by atoms with van der Waals surface area (Å²) in [5, 5.41) is 5.11. The Hall–Kier alpha value is -3.53. The van der Waals surface area contributed by atoms with Crippen LogP contribution in [0.5, 0.6) is 11.5 Å². The van der Waals surface area contributed by atoms with Crippen LogP contribution in [0.1, 0.15) is 17.2 Å². The van der Waals surface area contributed by atoms with Gasteiger partial charge in [0.15, 0.2) is 21.3 Å². The lowest BCUT2D eigenvalue weighted by atomic mass is 9.95. The topological polar surface area (TPSA) is 120 Å². The molecule has 0 saturated heterocycles. The Labute approximate surface area is 186 Å². The number of hydrogen-bond donors (Lipinski definition) is 2. The van der Waals surface area contributed by atoms with Crippen molar-refractivity contribution in [3.05, 3.63) is 64.9 Å². The summed E-state index contributed by atoms with van der Waals surface area (Å²) in [6.07, 6.45) is 0. The number of rotatable bonds is 7. The number of nitrogens with one attached hydrogen (secondary N) is 2. The number of esters is 1. The van der Waals surface area contributed by atoms with E-state index in [1.807, 2.05) is 6.92 Å². The van der Waals surface area contributed by atoms with Crippen LogP contribution >= 0.6 is 0 Å². The fourth-order valence-corrected chi connectivity index (χ4v) is 4.71. The molecule has 0 aromatic heterocycles. The quantitative estimate of drug-likeness (QED) is 0.608. The van der Waals surface area contributed by atoms with Gasteiger partial charge >= 0.3 is 12.0 Å². The van der Waals surface area contributed by atoms with E-state index in [9.17, 15) is 18.0 Å². The highest BCUT2D eigenvalue weighted by Gasteiger charge is 2.36. The van der Waals surface area contributed by atoms with Gasteiger partial charge in [-0.3, -0.25) is 0 Å². The van der Waals surface area contributed by atoms with Gasteiger partial charge in [-0.15, -0.1) is 0 Å². The van der Waals surface area contributed by atoms with Gasteiger partial charge in [0.25, 0.3) is 0 Å². The van der Waals surface area contributed by atoms with E-state index in [-0.39, 0.29) is 16.2 Å². The molecule has 1 atom stereocenters. The summed E-state index contributed by atoms with van der Waals surface area (Å²) in [7, 11) is 0.269. The molecule has 2 aromatic rings. The van der Waals surface area contributed by atoms with E-state index in [2.05, 4.69) is 10.6 Å². The minimum atomic E-state index is -3.86. The number of carbonyl (C=O) groups is 2. The molecule has 0 saturated carbocycles. The molecule has 9 nitrogen and oxygen atoms in total. The van der Waals surface area contributed by atoms with Crippen LogP contribution < -0.4 is 20.1 Å². The molecule has 10 heteroatoms. The number of hydrogen-bond acceptors (Lipinski definition) is 7. The SMILES string of the molecule is COC(=O)C1=C(CS(=O)(=O)c2ccc(C)cc2)NC(=O)N[C@H]1c1ccc(OC)c(OC)c1. The fourth-order valence-electron chi connectivity index (χ4n) is 3.38. The van der Waals surface area contributed by atoms with Gasteiger partial charge in [-0.25, -0.2) is 18.0 Å². The average Bonchev–Trinajstić information content (AvgIpc) is 2.77. The van der Waals surface area contributed by atoms with Crippen LogP contribution in [0.4, 0.5) is 4.79 Å². The smallest absolute Gasteiger partial charge is 0.338 e. The maximum Gasteiger partial charge on any atom is 0.338 e. The third kappa shape index (κ3) is 4.70. The predicted molar refractivity (Wildman–Crippen MR) is 116 cm³/mol. The summed E-state index contributed by atoms with van der Waals surface area (Å²) < 4.78 is 41.5. The normalized spacial score (nSPS) is 16.1. The van der Waals surface area contributed by atoms with Gasteiger partial charge in [-0.2, -0.15) is 0 Å². The maximum absolute atomic E-state index is 13.0. The first kappa shape index (κ1) is 23.1. The molecule has 0 radical (unpaired) electrons. The number of carbonyl (C=O) groups excluding carboxylic acids is 2. The Kier molecular flexibility index (Phi) is 6.73. The van der Waals surface area contributed by atoms with Gasteiger partial charge in [0.05, 0.1) is 43.6 Å². The highest BCUT2D eigenvalue weighted by atomic mass is 32.2. The summed E-state index contributed by atoms with van der Waals surface area (Å²) in [6, 6.07) is 9.59. The third-order valence-corrected chi connectivity index (χ3v) is 6.67. The van der Waals surface area contributed by atoms with Crippen LogP contribution in [0, 0.1) is 6.92 Å². The molecule has 170 valence electrons. The second-order valence-electron chi connectivity index (χ2n) is 7.10. The van der Waals surface area contributed by atoms with E-state index < -0.39 is 33.6 Å². The molecule has 0 spiro atoms. The molecule has 2 N–H and O–H groups in total. The van der Waals surface area contributed by atoms with Crippen LogP contribution in [0.2, 0.25) is 0 Å². The summed E-state index contributed by atoms with van der Waals surface area (Å²) in [4.78, 5) is 25.2. The first-order valence-corrected chi connectivity index (χ1v) is 11.3. The first-order chi connectivity index (χ1) is 15.2. The third-order valence-electron chi connectivity index (χ3n) is 5.01. The Bertz CT molecular complexity index is 1170. The molecule has 0 bridgehead atoms. The zero-order valence-electron chi connectivity index (χ0n) is 18.1. The van der Waals surface area contributed by atoms with Crippen molar-refractivity contribution in [1.29, 1.82) is 0 Å². The summed E-state index contributed by atoms with van der Waals surface area (Å²) in [5.74, 6) is -0.512. The molecule has 0 unspecified atom stereocenters. The van der Waals surface area contributed by atoms with Gasteiger partial charge in [0.2, 0.25) is 0 Å². The van der Waals surface area contributed by atoms with E-state index in [0.29, 0.717) is 17.1 Å². The number of ether oxygens (including phenoxy) is 3. The van der Waals surface area contributed by atoms with Crippen molar-refractivity contribution in [3.63, 3.8) is 0 Å². The lowest BCUT2D eigenvalue weighted by Crippen LogP contribution is -2.47. The average molecular weight is 461 g/mol. The van der Waals surface area contributed by atoms with Gasteiger partial charge < -0.3 is 24.8 Å². The molecule has 2 aromatic carbocycles. The van der Waals surface area contributed by atoms with E-state index >= 15 is 0 Å². The van der Waals surface area contributed by atoms with Crippen molar-refractivity contribution in [2.45, 2.75) is 17.9 Å². The van der Waals surface area contributed by atoms with Crippen molar-refractivity contribution in [2.75, 3.05) is 27.1 Å². The molecule has 0 fully saturated rings. The molecular weight excluding hydrogens is 436 g/mol. The first-order valence-electron chi connectivity index (χ1n) is 9.60. The highest BCUT2D eigenvalue weighted by molar-refractivity contribution is 7.91.